The molecule has 1 aromatic carbocycles. The Kier molecular flexibility index (Phi) is 5.40. The molecule has 1 atom stereocenters. The van der Waals surface area contributed by atoms with Crippen LogP contribution in [0.3, 0.4) is 0 Å². The van der Waals surface area contributed by atoms with Crippen molar-refractivity contribution in [2.75, 3.05) is 13.2 Å². The molecule has 2 rings (SSSR count). The van der Waals surface area contributed by atoms with Crippen LogP contribution in [0.4, 0.5) is 0 Å². The van der Waals surface area contributed by atoms with E-state index in [0.29, 0.717) is 18.2 Å². The van der Waals surface area contributed by atoms with Crippen LogP contribution in [0, 0.1) is 6.92 Å². The molecule has 1 unspecified atom stereocenters. The van der Waals surface area contributed by atoms with E-state index in [-0.39, 0.29) is 5.91 Å². The summed E-state index contributed by atoms with van der Waals surface area (Å²) in [7, 11) is 0. The average molecular weight is 326 g/mol. The van der Waals surface area contributed by atoms with Gasteiger partial charge >= 0.3 is 0 Å². The number of nitrogens with one attached hydrogen (secondary N) is 1. The Bertz CT molecular complexity index is 422. The second-order valence-electron chi connectivity index (χ2n) is 5.05. The highest BCUT2D eigenvalue weighted by atomic mass is 79.9. The number of rotatable bonds is 4. The molecule has 1 aliphatic heterocycles. The summed E-state index contributed by atoms with van der Waals surface area (Å²) in [5.74, 6) is -0.0137. The number of halogens is 1. The summed E-state index contributed by atoms with van der Waals surface area (Å²) in [6.45, 7) is 3.52. The van der Waals surface area contributed by atoms with Crippen molar-refractivity contribution in [3.05, 3.63) is 33.8 Å². The topological polar surface area (TPSA) is 38.3 Å². The molecule has 3 nitrogen and oxygen atoms in total. The Morgan fingerprint density at radius 2 is 2.26 bits per heavy atom. The Labute approximate surface area is 122 Å². The second kappa shape index (κ2) is 7.06. The lowest BCUT2D eigenvalue weighted by Crippen LogP contribution is -2.29. The third-order valence-corrected chi connectivity index (χ3v) is 3.79. The summed E-state index contributed by atoms with van der Waals surface area (Å²) in [6, 6.07) is 5.74. The van der Waals surface area contributed by atoms with Gasteiger partial charge in [-0.25, -0.2) is 0 Å². The molecule has 1 aliphatic rings. The predicted octanol–water partition coefficient (Wildman–Crippen LogP) is 3.45. The monoisotopic (exact) mass is 325 g/mol. The summed E-state index contributed by atoms with van der Waals surface area (Å²) < 4.78 is 6.58. The van der Waals surface area contributed by atoms with Crippen molar-refractivity contribution in [2.24, 2.45) is 0 Å². The van der Waals surface area contributed by atoms with Crippen LogP contribution in [0.15, 0.2) is 22.7 Å². The number of benzene rings is 1. The van der Waals surface area contributed by atoms with E-state index in [9.17, 15) is 4.79 Å². The van der Waals surface area contributed by atoms with Crippen molar-refractivity contribution >= 4 is 21.8 Å². The number of aryl methyl sites for hydroxylation is 1. The maximum atomic E-state index is 12.0. The predicted molar refractivity (Wildman–Crippen MR) is 79.4 cm³/mol. The number of carbonyl (C=O) groups is 1. The van der Waals surface area contributed by atoms with Crippen LogP contribution >= 0.6 is 15.9 Å². The van der Waals surface area contributed by atoms with Crippen LogP contribution in [0.1, 0.15) is 41.6 Å². The van der Waals surface area contributed by atoms with Gasteiger partial charge < -0.3 is 10.1 Å². The molecule has 0 radical (unpaired) electrons. The Balaban J connectivity index is 1.80. The first-order valence-electron chi connectivity index (χ1n) is 6.82. The molecule has 0 aromatic heterocycles. The van der Waals surface area contributed by atoms with Crippen molar-refractivity contribution in [3.63, 3.8) is 0 Å². The molecule has 1 heterocycles. The van der Waals surface area contributed by atoms with Crippen molar-refractivity contribution in [1.82, 2.24) is 5.32 Å². The van der Waals surface area contributed by atoms with Gasteiger partial charge in [0.2, 0.25) is 0 Å². The molecule has 1 saturated heterocycles. The fourth-order valence-electron chi connectivity index (χ4n) is 2.35. The Hall–Kier alpha value is -0.870. The van der Waals surface area contributed by atoms with E-state index in [4.69, 9.17) is 4.74 Å². The molecule has 0 bridgehead atoms. The smallest absolute Gasteiger partial charge is 0.251 e. The van der Waals surface area contributed by atoms with E-state index >= 15 is 0 Å². The first kappa shape index (κ1) is 14.5. The highest BCUT2D eigenvalue weighted by Gasteiger charge is 2.14. The molecular weight excluding hydrogens is 306 g/mol. The second-order valence-corrected chi connectivity index (χ2v) is 5.97. The third-order valence-electron chi connectivity index (χ3n) is 3.33. The maximum Gasteiger partial charge on any atom is 0.251 e. The van der Waals surface area contributed by atoms with Gasteiger partial charge in [0.05, 0.1) is 6.10 Å². The minimum absolute atomic E-state index is 0.0137. The van der Waals surface area contributed by atoms with Crippen molar-refractivity contribution in [1.29, 1.82) is 0 Å². The van der Waals surface area contributed by atoms with Crippen LogP contribution in [0.25, 0.3) is 0 Å². The van der Waals surface area contributed by atoms with E-state index in [1.165, 1.54) is 12.8 Å². The first-order valence-corrected chi connectivity index (χ1v) is 7.61. The van der Waals surface area contributed by atoms with Crippen LogP contribution in [0.2, 0.25) is 0 Å². The van der Waals surface area contributed by atoms with Gasteiger partial charge in [-0.05, 0) is 56.4 Å². The fourth-order valence-corrected chi connectivity index (χ4v) is 2.96. The van der Waals surface area contributed by atoms with E-state index < -0.39 is 0 Å². The van der Waals surface area contributed by atoms with E-state index in [1.54, 1.807) is 0 Å². The number of hydrogen-bond acceptors (Lipinski definition) is 2. The zero-order valence-corrected chi connectivity index (χ0v) is 12.8. The number of carbonyl (C=O) groups excluding carboxylic acids is 1. The van der Waals surface area contributed by atoms with Crippen LogP contribution in [0.5, 0.6) is 0 Å². The van der Waals surface area contributed by atoms with Gasteiger partial charge in [-0.2, -0.15) is 0 Å². The van der Waals surface area contributed by atoms with Crippen LogP contribution < -0.4 is 5.32 Å². The third kappa shape index (κ3) is 4.62. The number of hydrogen-bond donors (Lipinski definition) is 1. The van der Waals surface area contributed by atoms with Crippen molar-refractivity contribution in [2.45, 2.75) is 38.7 Å². The maximum absolute atomic E-state index is 12.0. The minimum atomic E-state index is -0.0137. The molecule has 19 heavy (non-hydrogen) atoms. The fraction of sp³-hybridized carbons (Fsp3) is 0.533. The highest BCUT2D eigenvalue weighted by molar-refractivity contribution is 9.10. The van der Waals surface area contributed by atoms with Crippen molar-refractivity contribution in [3.8, 4) is 0 Å². The normalized spacial score (nSPS) is 19.2. The first-order chi connectivity index (χ1) is 9.15. The quantitative estimate of drug-likeness (QED) is 0.920. The zero-order valence-electron chi connectivity index (χ0n) is 11.2. The van der Waals surface area contributed by atoms with Crippen molar-refractivity contribution < 1.29 is 9.53 Å². The molecule has 104 valence electrons. The molecule has 0 spiro atoms. The number of ether oxygens (including phenoxy) is 1. The summed E-state index contributed by atoms with van der Waals surface area (Å²) in [4.78, 5) is 12.0. The molecule has 1 aromatic rings. The molecule has 1 N–H and O–H groups in total. The summed E-state index contributed by atoms with van der Waals surface area (Å²) >= 11 is 3.41. The van der Waals surface area contributed by atoms with Crippen LogP contribution in [-0.4, -0.2) is 25.2 Å². The standard InChI is InChI=1S/C15H20BrNO2/c1-11-8-12(10-13(16)9-11)15(18)17-6-5-14-4-2-3-7-19-14/h8-10,14H,2-7H2,1H3,(H,17,18). The van der Waals surface area contributed by atoms with Gasteiger partial charge in [0.15, 0.2) is 0 Å². The van der Waals surface area contributed by atoms with Crippen LogP contribution in [-0.2, 0) is 4.74 Å². The SMILES string of the molecule is Cc1cc(Br)cc(C(=O)NCCC2CCCCO2)c1. The molecule has 4 heteroatoms. The van der Waals surface area contributed by atoms with Gasteiger partial charge in [0.1, 0.15) is 0 Å². The van der Waals surface area contributed by atoms with E-state index in [2.05, 4.69) is 21.2 Å². The number of amides is 1. The average Bonchev–Trinajstić information content (AvgIpc) is 2.38. The molecule has 0 aliphatic carbocycles. The lowest BCUT2D eigenvalue weighted by molar-refractivity contribution is 0.0117. The van der Waals surface area contributed by atoms with Gasteiger partial charge in [0, 0.05) is 23.2 Å². The Morgan fingerprint density at radius 3 is 2.95 bits per heavy atom. The highest BCUT2D eigenvalue weighted by Crippen LogP contribution is 2.16. The van der Waals surface area contributed by atoms with Gasteiger partial charge in [-0.15, -0.1) is 0 Å². The molecule has 1 amide bonds. The lowest BCUT2D eigenvalue weighted by Gasteiger charge is -2.22. The minimum Gasteiger partial charge on any atom is -0.378 e. The van der Waals surface area contributed by atoms with Gasteiger partial charge in [0.25, 0.3) is 5.91 Å². The summed E-state index contributed by atoms with van der Waals surface area (Å²) in [6.07, 6.45) is 4.74. The summed E-state index contributed by atoms with van der Waals surface area (Å²) in [5.41, 5.74) is 1.78. The molecule has 1 fully saturated rings. The van der Waals surface area contributed by atoms with Gasteiger partial charge in [-0.3, -0.25) is 4.79 Å². The zero-order chi connectivity index (χ0) is 13.7. The lowest BCUT2D eigenvalue weighted by atomic mass is 10.1. The van der Waals surface area contributed by atoms with E-state index in [0.717, 1.165) is 29.5 Å². The Morgan fingerprint density at radius 1 is 1.42 bits per heavy atom. The molecule has 0 saturated carbocycles. The van der Waals surface area contributed by atoms with Gasteiger partial charge in [-0.1, -0.05) is 15.9 Å². The molecular formula is C15H20BrNO2. The largest absolute Gasteiger partial charge is 0.378 e. The summed E-state index contributed by atoms with van der Waals surface area (Å²) in [5, 5.41) is 2.96. The van der Waals surface area contributed by atoms with E-state index in [1.807, 2.05) is 25.1 Å².